The number of aromatic nitrogens is 3. The number of hydrogen-bond donors (Lipinski definition) is 2. The summed E-state index contributed by atoms with van der Waals surface area (Å²) in [7, 11) is 0. The molecule has 0 aliphatic heterocycles. The summed E-state index contributed by atoms with van der Waals surface area (Å²) in [4.78, 5) is 4.46. The molecule has 5 nitrogen and oxygen atoms in total. The fourth-order valence-corrected chi connectivity index (χ4v) is 2.47. The van der Waals surface area contributed by atoms with Crippen LogP contribution in [0, 0.1) is 6.92 Å². The molecule has 0 bridgehead atoms. The van der Waals surface area contributed by atoms with Gasteiger partial charge in [0.2, 0.25) is 5.95 Å². The number of benzene rings is 1. The predicted octanol–water partition coefficient (Wildman–Crippen LogP) is 3.28. The Morgan fingerprint density at radius 2 is 1.85 bits per heavy atom. The molecule has 1 aromatic heterocycles. The lowest BCUT2D eigenvalue weighted by Gasteiger charge is -2.12. The van der Waals surface area contributed by atoms with Crippen molar-refractivity contribution in [1.82, 2.24) is 15.2 Å². The normalized spacial score (nSPS) is 15.2. The molecule has 1 aliphatic carbocycles. The average molecular weight is 269 g/mol. The van der Waals surface area contributed by atoms with Gasteiger partial charge >= 0.3 is 0 Å². The topological polar surface area (TPSA) is 62.7 Å². The van der Waals surface area contributed by atoms with Gasteiger partial charge in [-0.05, 0) is 31.9 Å². The van der Waals surface area contributed by atoms with Crippen LogP contribution >= 0.6 is 0 Å². The van der Waals surface area contributed by atoms with Crippen LogP contribution in [0.5, 0.6) is 0 Å². The zero-order valence-corrected chi connectivity index (χ0v) is 11.6. The van der Waals surface area contributed by atoms with E-state index in [4.69, 9.17) is 0 Å². The molecule has 1 saturated carbocycles. The summed E-state index contributed by atoms with van der Waals surface area (Å²) in [6, 6.07) is 8.65. The Hall–Kier alpha value is -2.17. The molecule has 1 aliphatic rings. The van der Waals surface area contributed by atoms with Gasteiger partial charge in [0.15, 0.2) is 5.82 Å². The quantitative estimate of drug-likeness (QED) is 0.892. The second-order valence-electron chi connectivity index (χ2n) is 5.28. The molecular formula is C15H19N5. The highest BCUT2D eigenvalue weighted by Gasteiger charge is 2.15. The summed E-state index contributed by atoms with van der Waals surface area (Å²) in [6.45, 7) is 2.06. The number of rotatable bonds is 4. The highest BCUT2D eigenvalue weighted by atomic mass is 15.3. The van der Waals surface area contributed by atoms with E-state index in [0.717, 1.165) is 11.5 Å². The van der Waals surface area contributed by atoms with E-state index in [1.165, 1.54) is 31.2 Å². The Kier molecular flexibility index (Phi) is 3.76. The van der Waals surface area contributed by atoms with Gasteiger partial charge in [-0.25, -0.2) is 0 Å². The summed E-state index contributed by atoms with van der Waals surface area (Å²) in [5.74, 6) is 1.32. The lowest BCUT2D eigenvalue weighted by Crippen LogP contribution is -2.16. The van der Waals surface area contributed by atoms with Gasteiger partial charge in [-0.2, -0.15) is 10.1 Å². The van der Waals surface area contributed by atoms with E-state index in [9.17, 15) is 0 Å². The molecule has 0 unspecified atom stereocenters. The van der Waals surface area contributed by atoms with Crippen molar-refractivity contribution in [2.45, 2.75) is 38.6 Å². The third-order valence-corrected chi connectivity index (χ3v) is 3.57. The van der Waals surface area contributed by atoms with Crippen molar-refractivity contribution in [2.75, 3.05) is 10.6 Å². The molecule has 2 aromatic rings. The SMILES string of the molecule is Cc1ccc(Nc2nncc(NC3CCCC3)n2)cc1. The molecule has 104 valence electrons. The maximum absolute atomic E-state index is 4.46. The minimum Gasteiger partial charge on any atom is -0.366 e. The monoisotopic (exact) mass is 269 g/mol. The lowest BCUT2D eigenvalue weighted by molar-refractivity contribution is 0.747. The fraction of sp³-hybridized carbons (Fsp3) is 0.400. The Bertz CT molecular complexity index is 561. The molecule has 1 heterocycles. The van der Waals surface area contributed by atoms with Crippen LogP contribution in [-0.4, -0.2) is 21.2 Å². The Balaban J connectivity index is 1.68. The van der Waals surface area contributed by atoms with Gasteiger partial charge in [0.05, 0.1) is 6.20 Å². The maximum atomic E-state index is 4.46. The number of nitrogens with zero attached hydrogens (tertiary/aromatic N) is 3. The third-order valence-electron chi connectivity index (χ3n) is 3.57. The minimum atomic E-state index is 0.525. The molecule has 0 spiro atoms. The Labute approximate surface area is 118 Å². The van der Waals surface area contributed by atoms with Crippen molar-refractivity contribution >= 4 is 17.5 Å². The van der Waals surface area contributed by atoms with Crippen LogP contribution in [0.4, 0.5) is 17.5 Å². The fourth-order valence-electron chi connectivity index (χ4n) is 2.47. The van der Waals surface area contributed by atoms with Gasteiger partial charge in [0.25, 0.3) is 0 Å². The molecule has 2 N–H and O–H groups in total. The largest absolute Gasteiger partial charge is 0.366 e. The molecule has 0 atom stereocenters. The molecule has 0 amide bonds. The van der Waals surface area contributed by atoms with Crippen LogP contribution in [0.1, 0.15) is 31.2 Å². The molecule has 0 saturated heterocycles. The van der Waals surface area contributed by atoms with E-state index in [2.05, 4.69) is 44.9 Å². The van der Waals surface area contributed by atoms with Gasteiger partial charge < -0.3 is 10.6 Å². The van der Waals surface area contributed by atoms with Gasteiger partial charge in [0, 0.05) is 11.7 Å². The van der Waals surface area contributed by atoms with E-state index in [-0.39, 0.29) is 0 Å². The molecule has 3 rings (SSSR count). The van der Waals surface area contributed by atoms with Gasteiger partial charge in [0.1, 0.15) is 0 Å². The zero-order valence-electron chi connectivity index (χ0n) is 11.6. The van der Waals surface area contributed by atoms with Crippen molar-refractivity contribution in [3.8, 4) is 0 Å². The molecule has 0 radical (unpaired) electrons. The highest BCUT2D eigenvalue weighted by Crippen LogP contribution is 2.21. The first-order chi connectivity index (χ1) is 9.79. The second kappa shape index (κ2) is 5.86. The van der Waals surface area contributed by atoms with Gasteiger partial charge in [-0.1, -0.05) is 30.5 Å². The van der Waals surface area contributed by atoms with Crippen LogP contribution in [0.15, 0.2) is 30.5 Å². The Morgan fingerprint density at radius 1 is 1.10 bits per heavy atom. The Morgan fingerprint density at radius 3 is 2.60 bits per heavy atom. The van der Waals surface area contributed by atoms with Crippen LogP contribution in [0.2, 0.25) is 0 Å². The smallest absolute Gasteiger partial charge is 0.249 e. The van der Waals surface area contributed by atoms with Gasteiger partial charge in [-0.3, -0.25) is 0 Å². The molecule has 1 aromatic carbocycles. The van der Waals surface area contributed by atoms with Crippen LogP contribution in [0.3, 0.4) is 0 Å². The van der Waals surface area contributed by atoms with E-state index in [1.807, 2.05) is 12.1 Å². The van der Waals surface area contributed by atoms with Crippen LogP contribution in [0.25, 0.3) is 0 Å². The van der Waals surface area contributed by atoms with E-state index in [0.29, 0.717) is 12.0 Å². The first-order valence-electron chi connectivity index (χ1n) is 7.09. The lowest BCUT2D eigenvalue weighted by atomic mass is 10.2. The molecule has 20 heavy (non-hydrogen) atoms. The summed E-state index contributed by atoms with van der Waals surface area (Å²) in [5.41, 5.74) is 2.20. The van der Waals surface area contributed by atoms with Gasteiger partial charge in [-0.15, -0.1) is 5.10 Å². The van der Waals surface area contributed by atoms with Crippen molar-refractivity contribution in [1.29, 1.82) is 0 Å². The zero-order chi connectivity index (χ0) is 13.8. The van der Waals surface area contributed by atoms with Crippen molar-refractivity contribution in [3.05, 3.63) is 36.0 Å². The van der Waals surface area contributed by atoms with Crippen LogP contribution < -0.4 is 10.6 Å². The first-order valence-corrected chi connectivity index (χ1v) is 7.09. The summed E-state index contributed by atoms with van der Waals surface area (Å²) >= 11 is 0. The molecule has 1 fully saturated rings. The molecular weight excluding hydrogens is 250 g/mol. The molecule has 5 heteroatoms. The van der Waals surface area contributed by atoms with E-state index < -0.39 is 0 Å². The van der Waals surface area contributed by atoms with Crippen molar-refractivity contribution in [3.63, 3.8) is 0 Å². The number of hydrogen-bond acceptors (Lipinski definition) is 5. The highest BCUT2D eigenvalue weighted by molar-refractivity contribution is 5.54. The third kappa shape index (κ3) is 3.23. The van der Waals surface area contributed by atoms with Crippen molar-refractivity contribution in [2.24, 2.45) is 0 Å². The standard InChI is InChI=1S/C15H19N5/c1-11-6-8-13(9-7-11)18-15-19-14(10-16-20-15)17-12-4-2-3-5-12/h6-10,12H,2-5H2,1H3,(H2,17,18,19,20). The minimum absolute atomic E-state index is 0.525. The number of anilines is 3. The summed E-state index contributed by atoms with van der Waals surface area (Å²) in [5, 5.41) is 14.6. The van der Waals surface area contributed by atoms with Crippen molar-refractivity contribution < 1.29 is 0 Å². The average Bonchev–Trinajstić information content (AvgIpc) is 2.95. The van der Waals surface area contributed by atoms with E-state index >= 15 is 0 Å². The second-order valence-corrected chi connectivity index (χ2v) is 5.28. The van der Waals surface area contributed by atoms with E-state index in [1.54, 1.807) is 6.20 Å². The number of nitrogens with one attached hydrogen (secondary N) is 2. The maximum Gasteiger partial charge on any atom is 0.249 e. The predicted molar refractivity (Wildman–Crippen MR) is 80.2 cm³/mol. The number of aryl methyl sites for hydroxylation is 1. The van der Waals surface area contributed by atoms with Crippen LogP contribution in [-0.2, 0) is 0 Å². The summed E-state index contributed by atoms with van der Waals surface area (Å²) in [6.07, 6.45) is 6.70. The first kappa shape index (κ1) is 12.8. The summed E-state index contributed by atoms with van der Waals surface area (Å²) < 4.78 is 0.